The van der Waals surface area contributed by atoms with Gasteiger partial charge < -0.3 is 5.73 Å². The first kappa shape index (κ1) is 13.3. The van der Waals surface area contributed by atoms with Crippen molar-refractivity contribution in [3.8, 4) is 0 Å². The summed E-state index contributed by atoms with van der Waals surface area (Å²) in [6.45, 7) is 0. The van der Waals surface area contributed by atoms with Crippen molar-refractivity contribution in [3.05, 3.63) is 54.1 Å². The van der Waals surface area contributed by atoms with Crippen LogP contribution in [0.1, 0.15) is 5.56 Å². The highest BCUT2D eigenvalue weighted by atomic mass is 32.2. The van der Waals surface area contributed by atoms with E-state index in [0.717, 1.165) is 12.3 Å². The molecular formula is C12H12FN3O2S. The fourth-order valence-electron chi connectivity index (χ4n) is 1.55. The van der Waals surface area contributed by atoms with E-state index in [4.69, 9.17) is 5.73 Å². The van der Waals surface area contributed by atoms with Crippen LogP contribution in [0.5, 0.6) is 0 Å². The quantitative estimate of drug-likeness (QED) is 0.660. The topological polar surface area (TPSA) is 85.1 Å². The molecule has 0 saturated heterocycles. The molecule has 0 fully saturated rings. The summed E-state index contributed by atoms with van der Waals surface area (Å²) < 4.78 is 38.7. The Morgan fingerprint density at radius 1 is 1.26 bits per heavy atom. The summed E-state index contributed by atoms with van der Waals surface area (Å²) in [5.41, 5.74) is 6.86. The predicted molar refractivity (Wildman–Crippen MR) is 71.3 cm³/mol. The third-order valence-corrected chi connectivity index (χ3v) is 3.57. The second-order valence-electron chi connectivity index (χ2n) is 3.98. The summed E-state index contributed by atoms with van der Waals surface area (Å²) >= 11 is 0. The molecule has 0 saturated carbocycles. The maximum atomic E-state index is 12.6. The molecule has 100 valence electrons. The second kappa shape index (κ2) is 5.23. The fourth-order valence-corrected chi connectivity index (χ4v) is 2.72. The lowest BCUT2D eigenvalue weighted by Gasteiger charge is -2.08. The van der Waals surface area contributed by atoms with Gasteiger partial charge in [0.1, 0.15) is 0 Å². The molecule has 0 amide bonds. The number of hydrogen-bond acceptors (Lipinski definition) is 4. The van der Waals surface area contributed by atoms with Gasteiger partial charge in [-0.15, -0.1) is 0 Å². The molecule has 0 aliphatic carbocycles. The van der Waals surface area contributed by atoms with Crippen LogP contribution in [0.15, 0.2) is 42.6 Å². The van der Waals surface area contributed by atoms with Gasteiger partial charge in [0.05, 0.1) is 17.6 Å². The number of nitrogens with two attached hydrogens (primary N) is 1. The molecule has 1 heterocycles. The van der Waals surface area contributed by atoms with E-state index in [1.807, 2.05) is 0 Å². The van der Waals surface area contributed by atoms with Crippen molar-refractivity contribution in [1.29, 1.82) is 0 Å². The van der Waals surface area contributed by atoms with E-state index in [1.54, 1.807) is 24.3 Å². The molecule has 5 nitrogen and oxygen atoms in total. The first-order valence-electron chi connectivity index (χ1n) is 5.41. The molecule has 3 N–H and O–H groups in total. The van der Waals surface area contributed by atoms with Crippen molar-refractivity contribution >= 4 is 21.4 Å². The van der Waals surface area contributed by atoms with Gasteiger partial charge in [0.2, 0.25) is 16.0 Å². The van der Waals surface area contributed by atoms with Gasteiger partial charge in [-0.05, 0) is 29.8 Å². The highest BCUT2D eigenvalue weighted by Gasteiger charge is 2.12. The minimum absolute atomic E-state index is 0.213. The minimum atomic E-state index is -3.59. The molecule has 0 unspecified atom stereocenters. The van der Waals surface area contributed by atoms with Crippen molar-refractivity contribution in [3.63, 3.8) is 0 Å². The number of anilines is 2. The summed E-state index contributed by atoms with van der Waals surface area (Å²) in [7, 11) is -3.59. The zero-order valence-corrected chi connectivity index (χ0v) is 10.7. The summed E-state index contributed by atoms with van der Waals surface area (Å²) in [6.07, 6.45) is 1.12. The number of aromatic nitrogens is 1. The van der Waals surface area contributed by atoms with E-state index in [0.29, 0.717) is 11.3 Å². The Morgan fingerprint density at radius 3 is 2.68 bits per heavy atom. The van der Waals surface area contributed by atoms with E-state index < -0.39 is 16.0 Å². The van der Waals surface area contributed by atoms with E-state index >= 15 is 0 Å². The Hall–Kier alpha value is -2.15. The smallest absolute Gasteiger partial charge is 0.236 e. The molecule has 0 spiro atoms. The molecule has 0 aliphatic rings. The number of pyridine rings is 1. The predicted octanol–water partition coefficient (Wildman–Crippen LogP) is 1.74. The normalized spacial score (nSPS) is 11.2. The number of hydrogen-bond donors (Lipinski definition) is 2. The lowest BCUT2D eigenvalue weighted by atomic mass is 10.2. The van der Waals surface area contributed by atoms with Gasteiger partial charge in [-0.1, -0.05) is 12.1 Å². The summed E-state index contributed by atoms with van der Waals surface area (Å²) in [6, 6.07) is 8.99. The second-order valence-corrected chi connectivity index (χ2v) is 5.70. The van der Waals surface area contributed by atoms with Crippen molar-refractivity contribution in [2.75, 3.05) is 10.5 Å². The van der Waals surface area contributed by atoms with Crippen LogP contribution in [-0.2, 0) is 15.8 Å². The maximum Gasteiger partial charge on any atom is 0.236 e. The average Bonchev–Trinajstić information content (AvgIpc) is 2.31. The first-order valence-corrected chi connectivity index (χ1v) is 7.06. The standard InChI is InChI=1S/C12H12FN3O2S/c13-12-5-4-11(7-15-12)16-19(17,18)8-9-2-1-3-10(14)6-9/h1-7,16H,8,14H2. The highest BCUT2D eigenvalue weighted by molar-refractivity contribution is 7.91. The number of rotatable bonds is 4. The van der Waals surface area contributed by atoms with Crippen LogP contribution in [-0.4, -0.2) is 13.4 Å². The number of nitrogen functional groups attached to an aromatic ring is 1. The van der Waals surface area contributed by atoms with Gasteiger partial charge in [-0.2, -0.15) is 4.39 Å². The summed E-state index contributed by atoms with van der Waals surface area (Å²) in [5, 5.41) is 0. The van der Waals surface area contributed by atoms with E-state index in [9.17, 15) is 12.8 Å². The van der Waals surface area contributed by atoms with Crippen molar-refractivity contribution in [2.24, 2.45) is 0 Å². The van der Waals surface area contributed by atoms with Gasteiger partial charge in [-0.3, -0.25) is 4.72 Å². The van der Waals surface area contributed by atoms with Crippen LogP contribution in [0.2, 0.25) is 0 Å². The molecule has 1 aromatic heterocycles. The van der Waals surface area contributed by atoms with E-state index in [-0.39, 0.29) is 11.4 Å². The molecule has 19 heavy (non-hydrogen) atoms. The lowest BCUT2D eigenvalue weighted by Crippen LogP contribution is -2.15. The molecule has 0 radical (unpaired) electrons. The van der Waals surface area contributed by atoms with Crippen molar-refractivity contribution in [1.82, 2.24) is 4.98 Å². The van der Waals surface area contributed by atoms with Crippen LogP contribution < -0.4 is 10.5 Å². The Kier molecular flexibility index (Phi) is 3.66. The van der Waals surface area contributed by atoms with E-state index in [1.165, 1.54) is 6.07 Å². The maximum absolute atomic E-state index is 12.6. The van der Waals surface area contributed by atoms with Crippen LogP contribution >= 0.6 is 0 Å². The number of halogens is 1. The van der Waals surface area contributed by atoms with Gasteiger partial charge in [0.25, 0.3) is 0 Å². The molecule has 0 atom stereocenters. The minimum Gasteiger partial charge on any atom is -0.399 e. The Bertz CT molecular complexity index is 672. The largest absolute Gasteiger partial charge is 0.399 e. The first-order chi connectivity index (χ1) is 8.94. The van der Waals surface area contributed by atoms with Crippen LogP contribution in [0.25, 0.3) is 0 Å². The van der Waals surface area contributed by atoms with Crippen LogP contribution in [0.4, 0.5) is 15.8 Å². The monoisotopic (exact) mass is 281 g/mol. The Labute approximate surface area is 110 Å². The fraction of sp³-hybridized carbons (Fsp3) is 0.0833. The summed E-state index contributed by atoms with van der Waals surface area (Å²) in [4.78, 5) is 3.37. The number of nitrogens with one attached hydrogen (secondary N) is 1. The zero-order chi connectivity index (χ0) is 13.9. The van der Waals surface area contributed by atoms with Gasteiger partial charge in [-0.25, -0.2) is 13.4 Å². The lowest BCUT2D eigenvalue weighted by molar-refractivity contribution is 0.583. The third kappa shape index (κ3) is 3.92. The zero-order valence-electron chi connectivity index (χ0n) is 9.88. The van der Waals surface area contributed by atoms with Crippen molar-refractivity contribution < 1.29 is 12.8 Å². The van der Waals surface area contributed by atoms with Crippen LogP contribution in [0.3, 0.4) is 0 Å². The van der Waals surface area contributed by atoms with Gasteiger partial charge in [0, 0.05) is 5.69 Å². The average molecular weight is 281 g/mol. The summed E-state index contributed by atoms with van der Waals surface area (Å²) in [5.74, 6) is -0.881. The third-order valence-electron chi connectivity index (χ3n) is 2.31. The number of nitrogens with zero attached hydrogens (tertiary/aromatic N) is 1. The SMILES string of the molecule is Nc1cccc(CS(=O)(=O)Nc2ccc(F)nc2)c1. The molecular weight excluding hydrogens is 269 g/mol. The molecule has 1 aromatic carbocycles. The van der Waals surface area contributed by atoms with Gasteiger partial charge in [0.15, 0.2) is 0 Å². The molecule has 0 aliphatic heterocycles. The molecule has 2 aromatic rings. The Morgan fingerprint density at radius 2 is 2.05 bits per heavy atom. The Balaban J connectivity index is 2.13. The molecule has 2 rings (SSSR count). The highest BCUT2D eigenvalue weighted by Crippen LogP contribution is 2.13. The number of benzene rings is 1. The number of sulfonamides is 1. The molecule has 7 heteroatoms. The molecule has 0 bridgehead atoms. The van der Waals surface area contributed by atoms with Gasteiger partial charge >= 0.3 is 0 Å². The van der Waals surface area contributed by atoms with Crippen molar-refractivity contribution in [2.45, 2.75) is 5.75 Å². The van der Waals surface area contributed by atoms with Crippen LogP contribution in [0, 0.1) is 5.95 Å². The van der Waals surface area contributed by atoms with E-state index in [2.05, 4.69) is 9.71 Å².